The molecule has 1 N–H and O–H groups in total. The zero-order chi connectivity index (χ0) is 13.7. The number of hydrogen-bond donors (Lipinski definition) is 1. The van der Waals surface area contributed by atoms with Gasteiger partial charge in [-0.2, -0.15) is 0 Å². The van der Waals surface area contributed by atoms with E-state index in [9.17, 15) is 9.59 Å². The van der Waals surface area contributed by atoms with Crippen LogP contribution in [0.1, 0.15) is 17.3 Å². The fourth-order valence-electron chi connectivity index (χ4n) is 1.63. The molecule has 0 saturated heterocycles. The molecular weight excluding hydrogens is 246 g/mol. The van der Waals surface area contributed by atoms with Crippen molar-refractivity contribution in [1.82, 2.24) is 15.3 Å². The quantitative estimate of drug-likeness (QED) is 0.652. The van der Waals surface area contributed by atoms with Gasteiger partial charge in [-0.3, -0.25) is 19.6 Å². The van der Waals surface area contributed by atoms with Gasteiger partial charge in [0.2, 0.25) is 0 Å². The summed E-state index contributed by atoms with van der Waals surface area (Å²) in [4.78, 5) is 30.8. The van der Waals surface area contributed by atoms with Crippen molar-refractivity contribution >= 4 is 22.9 Å². The maximum absolute atomic E-state index is 12.0. The van der Waals surface area contributed by atoms with E-state index < -0.39 is 0 Å². The molecule has 0 bridgehead atoms. The van der Waals surface area contributed by atoms with Crippen LogP contribution in [0.4, 0.5) is 0 Å². The summed E-state index contributed by atoms with van der Waals surface area (Å²) in [6.45, 7) is 1.73. The van der Waals surface area contributed by atoms with Crippen molar-refractivity contribution in [3.05, 3.63) is 36.2 Å². The Hall–Kier alpha value is -2.50. The van der Waals surface area contributed by atoms with Crippen molar-refractivity contribution in [2.45, 2.75) is 6.92 Å². The van der Waals surface area contributed by atoms with Crippen LogP contribution >= 0.6 is 0 Å². The zero-order valence-electron chi connectivity index (χ0n) is 10.4. The molecule has 0 aliphatic rings. The molecule has 6 heteroatoms. The number of carbonyl (C=O) groups excluding carboxylic acids is 2. The normalized spacial score (nSPS) is 10.2. The molecule has 98 valence electrons. The maximum Gasteiger partial charge on any atom is 0.302 e. The molecule has 6 nitrogen and oxygen atoms in total. The van der Waals surface area contributed by atoms with Crippen LogP contribution in [0.15, 0.2) is 30.6 Å². The number of fused-ring (bicyclic) bond motifs is 1. The number of hydrogen-bond acceptors (Lipinski definition) is 5. The smallest absolute Gasteiger partial charge is 0.302 e. The van der Waals surface area contributed by atoms with Gasteiger partial charge in [0, 0.05) is 19.3 Å². The number of amides is 1. The molecule has 1 heterocycles. The average Bonchev–Trinajstić information content (AvgIpc) is 2.42. The second kappa shape index (κ2) is 5.90. The van der Waals surface area contributed by atoms with Gasteiger partial charge in [0.15, 0.2) is 0 Å². The van der Waals surface area contributed by atoms with Gasteiger partial charge in [0.05, 0.1) is 17.6 Å². The van der Waals surface area contributed by atoms with Crippen LogP contribution in [0.2, 0.25) is 0 Å². The summed E-state index contributed by atoms with van der Waals surface area (Å²) in [6.07, 6.45) is 3.11. The number of nitrogens with zero attached hydrogens (tertiary/aromatic N) is 2. The Morgan fingerprint density at radius 3 is 2.84 bits per heavy atom. The van der Waals surface area contributed by atoms with Crippen LogP contribution in [0.3, 0.4) is 0 Å². The summed E-state index contributed by atoms with van der Waals surface area (Å²) in [5.74, 6) is -0.636. The molecule has 0 fully saturated rings. The van der Waals surface area contributed by atoms with E-state index in [2.05, 4.69) is 15.3 Å². The van der Waals surface area contributed by atoms with Crippen LogP contribution in [-0.4, -0.2) is 35.0 Å². The molecule has 2 aromatic rings. The van der Waals surface area contributed by atoms with E-state index in [4.69, 9.17) is 4.74 Å². The van der Waals surface area contributed by atoms with Crippen LogP contribution < -0.4 is 5.32 Å². The fraction of sp³-hybridized carbons (Fsp3) is 0.231. The lowest BCUT2D eigenvalue weighted by Crippen LogP contribution is -2.28. The Bertz CT molecular complexity index is 608. The molecule has 0 aliphatic carbocycles. The molecule has 0 unspecified atom stereocenters. The molecule has 0 aliphatic heterocycles. The third-order valence-corrected chi connectivity index (χ3v) is 2.44. The SMILES string of the molecule is CC(=O)OCCNC(=O)c1cccc2nccnc12. The van der Waals surface area contributed by atoms with E-state index in [1.54, 1.807) is 24.4 Å². The number of carbonyl (C=O) groups is 2. The molecule has 1 amide bonds. The Morgan fingerprint density at radius 2 is 2.05 bits per heavy atom. The summed E-state index contributed by atoms with van der Waals surface area (Å²) >= 11 is 0. The number of aromatic nitrogens is 2. The number of rotatable bonds is 4. The minimum atomic E-state index is -0.370. The van der Waals surface area contributed by atoms with E-state index in [0.717, 1.165) is 0 Å². The Labute approximate surface area is 109 Å². The van der Waals surface area contributed by atoms with Crippen LogP contribution in [0.5, 0.6) is 0 Å². The van der Waals surface area contributed by atoms with Gasteiger partial charge in [-0.1, -0.05) is 6.07 Å². The summed E-state index contributed by atoms with van der Waals surface area (Å²) in [5.41, 5.74) is 1.67. The molecule has 0 radical (unpaired) electrons. The predicted molar refractivity (Wildman–Crippen MR) is 68.5 cm³/mol. The summed E-state index contributed by atoms with van der Waals surface area (Å²) in [5, 5.41) is 2.66. The lowest BCUT2D eigenvalue weighted by atomic mass is 10.1. The molecule has 0 saturated carbocycles. The van der Waals surface area contributed by atoms with Crippen LogP contribution in [-0.2, 0) is 9.53 Å². The van der Waals surface area contributed by atoms with Gasteiger partial charge in [-0.05, 0) is 12.1 Å². The number of ether oxygens (including phenoxy) is 1. The molecular formula is C13H13N3O3. The summed E-state index contributed by atoms with van der Waals surface area (Å²) < 4.78 is 4.73. The van der Waals surface area contributed by atoms with Crippen molar-refractivity contribution in [1.29, 1.82) is 0 Å². The Balaban J connectivity index is 2.07. The zero-order valence-corrected chi connectivity index (χ0v) is 10.4. The minimum absolute atomic E-state index is 0.150. The molecule has 1 aromatic carbocycles. The first-order valence-corrected chi connectivity index (χ1v) is 5.80. The van der Waals surface area contributed by atoms with E-state index >= 15 is 0 Å². The van der Waals surface area contributed by atoms with Crippen molar-refractivity contribution < 1.29 is 14.3 Å². The molecule has 2 rings (SSSR count). The number of nitrogens with one attached hydrogen (secondary N) is 1. The highest BCUT2D eigenvalue weighted by Gasteiger charge is 2.10. The number of benzene rings is 1. The highest BCUT2D eigenvalue weighted by molar-refractivity contribution is 6.04. The van der Waals surface area contributed by atoms with Gasteiger partial charge in [0.1, 0.15) is 12.1 Å². The van der Waals surface area contributed by atoms with Crippen LogP contribution in [0, 0.1) is 0 Å². The van der Waals surface area contributed by atoms with Crippen LogP contribution in [0.25, 0.3) is 11.0 Å². The first kappa shape index (κ1) is 12.9. The molecule has 0 atom stereocenters. The second-order valence-electron chi connectivity index (χ2n) is 3.83. The van der Waals surface area contributed by atoms with Gasteiger partial charge in [-0.15, -0.1) is 0 Å². The Morgan fingerprint density at radius 1 is 1.26 bits per heavy atom. The fourth-order valence-corrected chi connectivity index (χ4v) is 1.63. The van der Waals surface area contributed by atoms with Crippen molar-refractivity contribution in [2.75, 3.05) is 13.2 Å². The lowest BCUT2D eigenvalue weighted by Gasteiger charge is -2.07. The van der Waals surface area contributed by atoms with Gasteiger partial charge in [-0.25, -0.2) is 0 Å². The second-order valence-corrected chi connectivity index (χ2v) is 3.83. The number of esters is 1. The van der Waals surface area contributed by atoms with E-state index in [1.807, 2.05) is 0 Å². The number of para-hydroxylation sites is 1. The predicted octanol–water partition coefficient (Wildman–Crippen LogP) is 0.923. The molecule has 19 heavy (non-hydrogen) atoms. The molecule has 0 spiro atoms. The average molecular weight is 259 g/mol. The third-order valence-electron chi connectivity index (χ3n) is 2.44. The standard InChI is InChI=1S/C13H13N3O3/c1-9(17)19-8-7-16-13(18)10-3-2-4-11-12(10)15-6-5-14-11/h2-6H,7-8H2,1H3,(H,16,18). The highest BCUT2D eigenvalue weighted by atomic mass is 16.5. The van der Waals surface area contributed by atoms with E-state index in [-0.39, 0.29) is 25.0 Å². The van der Waals surface area contributed by atoms with Gasteiger partial charge in [0.25, 0.3) is 5.91 Å². The third kappa shape index (κ3) is 3.25. The van der Waals surface area contributed by atoms with Crippen molar-refractivity contribution in [3.8, 4) is 0 Å². The van der Waals surface area contributed by atoms with Crippen molar-refractivity contribution in [2.24, 2.45) is 0 Å². The summed E-state index contributed by atoms with van der Waals surface area (Å²) in [7, 11) is 0. The minimum Gasteiger partial charge on any atom is -0.464 e. The van der Waals surface area contributed by atoms with Crippen molar-refractivity contribution in [3.63, 3.8) is 0 Å². The first-order chi connectivity index (χ1) is 9.18. The maximum atomic E-state index is 12.0. The Kier molecular flexibility index (Phi) is 4.02. The largest absolute Gasteiger partial charge is 0.464 e. The lowest BCUT2D eigenvalue weighted by molar-refractivity contribution is -0.140. The highest BCUT2D eigenvalue weighted by Crippen LogP contribution is 2.13. The first-order valence-electron chi connectivity index (χ1n) is 5.80. The van der Waals surface area contributed by atoms with Gasteiger partial charge < -0.3 is 10.1 Å². The van der Waals surface area contributed by atoms with E-state index in [0.29, 0.717) is 16.6 Å². The molecule has 1 aromatic heterocycles. The topological polar surface area (TPSA) is 81.2 Å². The van der Waals surface area contributed by atoms with E-state index in [1.165, 1.54) is 13.1 Å². The monoisotopic (exact) mass is 259 g/mol. The van der Waals surface area contributed by atoms with Gasteiger partial charge >= 0.3 is 5.97 Å². The summed E-state index contributed by atoms with van der Waals surface area (Å²) in [6, 6.07) is 5.22.